The minimum absolute atomic E-state index is 0.208. The van der Waals surface area contributed by atoms with E-state index in [1.807, 2.05) is 11.1 Å². The third kappa shape index (κ3) is 2.27. The first kappa shape index (κ1) is 16.0. The Kier molecular flexibility index (Phi) is 2.90. The average Bonchev–Trinajstić information content (AvgIpc) is 2.41. The molecule has 134 valence electrons. The molecule has 1 nitrogen and oxygen atoms in total. The van der Waals surface area contributed by atoms with E-state index in [9.17, 15) is 0 Å². The van der Waals surface area contributed by atoms with Crippen LogP contribution in [0.2, 0.25) is 0 Å². The van der Waals surface area contributed by atoms with Crippen LogP contribution in [0.1, 0.15) is 84.6 Å². The largest absolute Gasteiger partial charge is 0.376 e. The fourth-order valence-electron chi connectivity index (χ4n) is 7.79. The Labute approximate surface area is 153 Å². The summed E-state index contributed by atoms with van der Waals surface area (Å²) in [7, 11) is 0. The van der Waals surface area contributed by atoms with Gasteiger partial charge in [0.05, 0.1) is 5.54 Å². The van der Waals surface area contributed by atoms with Crippen LogP contribution in [0.15, 0.2) is 35.4 Å². The van der Waals surface area contributed by atoms with Crippen LogP contribution in [0.5, 0.6) is 0 Å². The maximum Gasteiger partial charge on any atom is 0.0604 e. The first-order valence-corrected chi connectivity index (χ1v) is 10.2. The van der Waals surface area contributed by atoms with Gasteiger partial charge in [0.1, 0.15) is 0 Å². The minimum Gasteiger partial charge on any atom is -0.376 e. The zero-order chi connectivity index (χ0) is 17.7. The SMILES string of the molecule is CC1(C)CC2=C3C(C1)c1ccccc1NC31CC(C)(C)CC(C)(C2)C1. The number of nitrogens with one attached hydrogen (secondary N) is 1. The van der Waals surface area contributed by atoms with E-state index >= 15 is 0 Å². The molecule has 0 amide bonds. The van der Waals surface area contributed by atoms with Gasteiger partial charge in [-0.1, -0.05) is 58.4 Å². The molecule has 1 aromatic carbocycles. The van der Waals surface area contributed by atoms with Gasteiger partial charge in [-0.25, -0.2) is 0 Å². The quantitative estimate of drug-likeness (QED) is 0.522. The summed E-state index contributed by atoms with van der Waals surface area (Å²) in [5, 5.41) is 4.12. The van der Waals surface area contributed by atoms with Gasteiger partial charge in [0.2, 0.25) is 0 Å². The van der Waals surface area contributed by atoms with Crippen LogP contribution < -0.4 is 5.32 Å². The van der Waals surface area contributed by atoms with Gasteiger partial charge in [-0.3, -0.25) is 0 Å². The second-order valence-electron chi connectivity index (χ2n) is 11.6. The van der Waals surface area contributed by atoms with Crippen molar-refractivity contribution in [1.29, 1.82) is 0 Å². The number of allylic oxidation sites excluding steroid dienone is 1. The summed E-state index contributed by atoms with van der Waals surface area (Å²) in [6, 6.07) is 9.16. The Morgan fingerprint density at radius 2 is 1.64 bits per heavy atom. The molecule has 1 saturated carbocycles. The van der Waals surface area contributed by atoms with Gasteiger partial charge in [-0.15, -0.1) is 0 Å². The van der Waals surface area contributed by atoms with Gasteiger partial charge in [0, 0.05) is 11.6 Å². The lowest BCUT2D eigenvalue weighted by Crippen LogP contribution is -2.59. The first-order valence-electron chi connectivity index (χ1n) is 10.2. The number of benzene rings is 1. The fraction of sp³-hybridized carbons (Fsp3) is 0.667. The summed E-state index contributed by atoms with van der Waals surface area (Å²) in [6.07, 6.45) is 7.93. The Morgan fingerprint density at radius 3 is 2.44 bits per heavy atom. The van der Waals surface area contributed by atoms with Gasteiger partial charge in [-0.05, 0) is 72.0 Å². The molecule has 0 aromatic heterocycles. The highest BCUT2D eigenvalue weighted by atomic mass is 15.0. The molecule has 1 heteroatoms. The van der Waals surface area contributed by atoms with E-state index in [4.69, 9.17) is 0 Å². The lowest BCUT2D eigenvalue weighted by atomic mass is 9.46. The highest BCUT2D eigenvalue weighted by Crippen LogP contribution is 2.67. The van der Waals surface area contributed by atoms with Crippen LogP contribution in [-0.4, -0.2) is 5.54 Å². The Bertz CT molecular complexity index is 783. The predicted octanol–water partition coefficient (Wildman–Crippen LogP) is 6.67. The van der Waals surface area contributed by atoms with E-state index in [1.54, 1.807) is 5.56 Å². The number of para-hydroxylation sites is 1. The van der Waals surface area contributed by atoms with E-state index < -0.39 is 0 Å². The topological polar surface area (TPSA) is 12.0 Å². The average molecular weight is 336 g/mol. The second kappa shape index (κ2) is 4.53. The number of hydrogen-bond donors (Lipinski definition) is 1. The highest BCUT2D eigenvalue weighted by molar-refractivity contribution is 5.66. The molecule has 0 saturated heterocycles. The Balaban J connectivity index is 1.77. The lowest BCUT2D eigenvalue weighted by Gasteiger charge is -2.63. The fourth-order valence-corrected chi connectivity index (χ4v) is 7.79. The maximum atomic E-state index is 4.12. The summed E-state index contributed by atoms with van der Waals surface area (Å²) >= 11 is 0. The molecule has 25 heavy (non-hydrogen) atoms. The normalized spacial score (nSPS) is 40.0. The monoisotopic (exact) mass is 335 g/mol. The van der Waals surface area contributed by atoms with Crippen LogP contribution in [0.3, 0.4) is 0 Å². The zero-order valence-electron chi connectivity index (χ0n) is 16.6. The van der Waals surface area contributed by atoms with Crippen molar-refractivity contribution in [3.05, 3.63) is 41.0 Å². The molecule has 1 heterocycles. The van der Waals surface area contributed by atoms with Gasteiger partial charge < -0.3 is 5.32 Å². The summed E-state index contributed by atoms with van der Waals surface area (Å²) in [4.78, 5) is 0. The van der Waals surface area contributed by atoms with Crippen molar-refractivity contribution in [1.82, 2.24) is 0 Å². The molecular weight excluding hydrogens is 302 g/mol. The predicted molar refractivity (Wildman–Crippen MR) is 106 cm³/mol. The Hall–Kier alpha value is -1.24. The summed E-state index contributed by atoms with van der Waals surface area (Å²) in [5.74, 6) is 0.634. The van der Waals surface area contributed by atoms with Crippen molar-refractivity contribution >= 4 is 5.69 Å². The van der Waals surface area contributed by atoms with Crippen molar-refractivity contribution in [2.45, 2.75) is 84.6 Å². The van der Waals surface area contributed by atoms with Gasteiger partial charge in [0.25, 0.3) is 0 Å². The molecule has 1 aliphatic heterocycles. The third-order valence-corrected chi connectivity index (χ3v) is 7.46. The molecule has 1 N–H and O–H groups in total. The van der Waals surface area contributed by atoms with Crippen LogP contribution in [-0.2, 0) is 0 Å². The number of hydrogen-bond acceptors (Lipinski definition) is 1. The molecule has 5 rings (SSSR count). The summed E-state index contributed by atoms with van der Waals surface area (Å²) in [5.41, 5.74) is 8.10. The summed E-state index contributed by atoms with van der Waals surface area (Å²) < 4.78 is 0. The molecule has 4 aliphatic rings. The van der Waals surface area contributed by atoms with E-state index in [0.29, 0.717) is 22.2 Å². The van der Waals surface area contributed by atoms with Crippen molar-refractivity contribution in [3.63, 3.8) is 0 Å². The second-order valence-corrected chi connectivity index (χ2v) is 11.6. The van der Waals surface area contributed by atoms with Crippen molar-refractivity contribution in [2.75, 3.05) is 5.32 Å². The van der Waals surface area contributed by atoms with Crippen LogP contribution in [0.25, 0.3) is 0 Å². The van der Waals surface area contributed by atoms with Gasteiger partial charge >= 0.3 is 0 Å². The molecule has 3 aliphatic carbocycles. The van der Waals surface area contributed by atoms with Crippen LogP contribution >= 0.6 is 0 Å². The highest BCUT2D eigenvalue weighted by Gasteiger charge is 2.59. The zero-order valence-corrected chi connectivity index (χ0v) is 16.6. The van der Waals surface area contributed by atoms with Gasteiger partial charge in [-0.2, -0.15) is 0 Å². The molecule has 1 spiro atoms. The molecular formula is C24H33N. The van der Waals surface area contributed by atoms with Crippen molar-refractivity contribution < 1.29 is 0 Å². The van der Waals surface area contributed by atoms with Crippen molar-refractivity contribution in [2.24, 2.45) is 16.2 Å². The number of rotatable bonds is 0. The van der Waals surface area contributed by atoms with E-state index in [2.05, 4.69) is 64.2 Å². The number of anilines is 1. The van der Waals surface area contributed by atoms with E-state index in [-0.39, 0.29) is 5.54 Å². The molecule has 3 unspecified atom stereocenters. The van der Waals surface area contributed by atoms with Crippen LogP contribution in [0, 0.1) is 16.2 Å². The molecule has 0 radical (unpaired) electrons. The molecule has 2 bridgehead atoms. The van der Waals surface area contributed by atoms with Gasteiger partial charge in [0.15, 0.2) is 0 Å². The lowest BCUT2D eigenvalue weighted by molar-refractivity contribution is 0.0346. The van der Waals surface area contributed by atoms with Crippen molar-refractivity contribution in [3.8, 4) is 0 Å². The van der Waals surface area contributed by atoms with E-state index in [0.717, 1.165) is 0 Å². The van der Waals surface area contributed by atoms with E-state index in [1.165, 1.54) is 44.2 Å². The Morgan fingerprint density at radius 1 is 0.880 bits per heavy atom. The maximum absolute atomic E-state index is 4.12. The molecule has 1 aromatic rings. The summed E-state index contributed by atoms with van der Waals surface area (Å²) in [6.45, 7) is 12.6. The first-order chi connectivity index (χ1) is 11.6. The standard InChI is InChI=1S/C24H33N/c1-21(2)10-16-11-23(5)13-22(3,4)14-24(15-23)20(16)18(12-21)17-8-6-7-9-19(17)25-24/h6-9,18,25H,10-15H2,1-5H3. The third-order valence-electron chi connectivity index (χ3n) is 7.46. The number of fused-ring (bicyclic) bond motifs is 3. The molecule has 3 atom stereocenters. The smallest absolute Gasteiger partial charge is 0.0604 e. The van der Waals surface area contributed by atoms with Crippen LogP contribution in [0.4, 0.5) is 5.69 Å². The minimum atomic E-state index is 0.208. The molecule has 1 fully saturated rings.